The predicted octanol–water partition coefficient (Wildman–Crippen LogP) is 1.65. The molecular formula is C21H22O7. The zero-order valence-electron chi connectivity index (χ0n) is 15.8. The first-order valence-corrected chi connectivity index (χ1v) is 9.21. The Labute approximate surface area is 162 Å². The summed E-state index contributed by atoms with van der Waals surface area (Å²) in [5.41, 5.74) is 0.257. The first kappa shape index (κ1) is 18.8. The van der Waals surface area contributed by atoms with Crippen LogP contribution in [0.25, 0.3) is 0 Å². The minimum atomic E-state index is -1.48. The lowest BCUT2D eigenvalue weighted by Gasteiger charge is -2.40. The summed E-state index contributed by atoms with van der Waals surface area (Å²) in [5, 5.41) is 0. The maximum Gasteiger partial charge on any atom is 0.323 e. The van der Waals surface area contributed by atoms with Crippen LogP contribution in [0.1, 0.15) is 12.0 Å². The van der Waals surface area contributed by atoms with Gasteiger partial charge in [0, 0.05) is 11.8 Å². The maximum atomic E-state index is 12.6. The van der Waals surface area contributed by atoms with E-state index in [1.54, 1.807) is 0 Å². The minimum Gasteiger partial charge on any atom is -0.468 e. The van der Waals surface area contributed by atoms with Gasteiger partial charge >= 0.3 is 11.9 Å². The van der Waals surface area contributed by atoms with Crippen molar-refractivity contribution in [2.45, 2.75) is 19.3 Å². The molecule has 0 bridgehead atoms. The summed E-state index contributed by atoms with van der Waals surface area (Å²) in [5.74, 6) is -2.79. The summed E-state index contributed by atoms with van der Waals surface area (Å²) >= 11 is 0. The molecule has 1 aromatic carbocycles. The fourth-order valence-corrected chi connectivity index (χ4v) is 4.87. The molecule has 7 nitrogen and oxygen atoms in total. The van der Waals surface area contributed by atoms with Crippen molar-refractivity contribution in [1.82, 2.24) is 0 Å². The molecule has 1 saturated carbocycles. The van der Waals surface area contributed by atoms with E-state index in [0.29, 0.717) is 6.61 Å². The van der Waals surface area contributed by atoms with Gasteiger partial charge in [-0.15, -0.1) is 0 Å². The SMILES string of the molecule is COC(=O)C1(C(=O)OC)CC2=CC(=O)[C@H]3[C@@H](OCc4ccccc4)OC[C@@H]1[C@@H]23. The second-order valence-corrected chi connectivity index (χ2v) is 7.41. The highest BCUT2D eigenvalue weighted by Gasteiger charge is 2.68. The second-order valence-electron chi connectivity index (χ2n) is 7.41. The van der Waals surface area contributed by atoms with Gasteiger partial charge in [-0.2, -0.15) is 0 Å². The Morgan fingerprint density at radius 2 is 1.79 bits per heavy atom. The number of ether oxygens (including phenoxy) is 4. The molecule has 0 spiro atoms. The van der Waals surface area contributed by atoms with Crippen LogP contribution in [0.4, 0.5) is 0 Å². The summed E-state index contributed by atoms with van der Waals surface area (Å²) in [6.07, 6.45) is 0.913. The van der Waals surface area contributed by atoms with E-state index in [1.165, 1.54) is 20.3 Å². The van der Waals surface area contributed by atoms with E-state index in [0.717, 1.165) is 11.1 Å². The summed E-state index contributed by atoms with van der Waals surface area (Å²) in [6.45, 7) is 0.413. The molecule has 0 aromatic heterocycles. The van der Waals surface area contributed by atoms with Gasteiger partial charge in [-0.05, 0) is 18.1 Å². The van der Waals surface area contributed by atoms with Gasteiger partial charge in [-0.1, -0.05) is 35.9 Å². The van der Waals surface area contributed by atoms with Crippen molar-refractivity contribution in [2.75, 3.05) is 20.8 Å². The topological polar surface area (TPSA) is 88.1 Å². The standard InChI is InChI=1S/C21H22O7/c1-25-19(23)21(20(24)26-2)9-13-8-15(22)17-16(13)14(21)11-28-18(17)27-10-12-6-4-3-5-7-12/h3-8,14,16-18H,9-11H2,1-2H3/t14-,16-,17-,18+/m1/s1. The third kappa shape index (κ3) is 2.69. The Balaban J connectivity index is 1.61. The molecule has 0 radical (unpaired) electrons. The maximum absolute atomic E-state index is 12.6. The Bertz CT molecular complexity index is 812. The van der Waals surface area contributed by atoms with Crippen molar-refractivity contribution < 1.29 is 33.3 Å². The molecule has 4 atom stereocenters. The van der Waals surface area contributed by atoms with Crippen molar-refractivity contribution in [2.24, 2.45) is 23.2 Å². The molecule has 1 saturated heterocycles. The van der Waals surface area contributed by atoms with Crippen LogP contribution in [0.3, 0.4) is 0 Å². The average Bonchev–Trinajstić information content (AvgIpc) is 3.23. The number of allylic oxidation sites excluding steroid dienone is 2. The van der Waals surface area contributed by atoms with Gasteiger partial charge in [0.15, 0.2) is 17.5 Å². The molecule has 7 heteroatoms. The third-order valence-corrected chi connectivity index (χ3v) is 6.11. The number of rotatable bonds is 5. The van der Waals surface area contributed by atoms with Crippen molar-refractivity contribution in [3.63, 3.8) is 0 Å². The zero-order valence-corrected chi connectivity index (χ0v) is 15.8. The fourth-order valence-electron chi connectivity index (χ4n) is 4.87. The van der Waals surface area contributed by atoms with Gasteiger partial charge in [-0.3, -0.25) is 14.4 Å². The monoisotopic (exact) mass is 386 g/mol. The highest BCUT2D eigenvalue weighted by molar-refractivity contribution is 6.04. The lowest BCUT2D eigenvalue weighted by molar-refractivity contribution is -0.229. The number of methoxy groups -OCH3 is 2. The Kier molecular flexibility index (Phi) is 4.81. The first-order valence-electron chi connectivity index (χ1n) is 9.21. The van der Waals surface area contributed by atoms with Crippen LogP contribution in [0, 0.1) is 23.2 Å². The molecule has 4 rings (SSSR count). The quantitative estimate of drug-likeness (QED) is 0.562. The number of benzene rings is 1. The summed E-state index contributed by atoms with van der Waals surface area (Å²) in [6, 6.07) is 9.60. The smallest absolute Gasteiger partial charge is 0.323 e. The van der Waals surface area contributed by atoms with Crippen molar-refractivity contribution in [3.8, 4) is 0 Å². The molecule has 0 amide bonds. The second kappa shape index (κ2) is 7.14. The van der Waals surface area contributed by atoms with E-state index < -0.39 is 35.5 Å². The van der Waals surface area contributed by atoms with Crippen molar-refractivity contribution >= 4 is 17.7 Å². The predicted molar refractivity (Wildman–Crippen MR) is 95.6 cm³/mol. The highest BCUT2D eigenvalue weighted by Crippen LogP contribution is 2.59. The normalized spacial score (nSPS) is 29.8. The Morgan fingerprint density at radius 3 is 2.43 bits per heavy atom. The number of ketones is 1. The fraction of sp³-hybridized carbons (Fsp3) is 0.476. The first-order chi connectivity index (χ1) is 13.5. The third-order valence-electron chi connectivity index (χ3n) is 6.11. The van der Waals surface area contributed by atoms with Gasteiger partial charge in [-0.25, -0.2) is 0 Å². The van der Waals surface area contributed by atoms with Crippen molar-refractivity contribution in [1.29, 1.82) is 0 Å². The molecule has 28 heavy (non-hydrogen) atoms. The number of hydrogen-bond donors (Lipinski definition) is 0. The van der Waals surface area contributed by atoms with Gasteiger partial charge in [0.25, 0.3) is 0 Å². The van der Waals surface area contributed by atoms with Crippen LogP contribution in [0.15, 0.2) is 42.0 Å². The number of carbonyl (C=O) groups excluding carboxylic acids is 3. The van der Waals surface area contributed by atoms with E-state index in [2.05, 4.69) is 0 Å². The molecule has 0 unspecified atom stereocenters. The largest absolute Gasteiger partial charge is 0.468 e. The molecule has 3 aliphatic rings. The lowest BCUT2D eigenvalue weighted by atomic mass is 9.71. The van der Waals surface area contributed by atoms with Gasteiger partial charge in [0.1, 0.15) is 0 Å². The Morgan fingerprint density at radius 1 is 1.11 bits per heavy atom. The Hall–Kier alpha value is -2.51. The van der Waals surface area contributed by atoms with Gasteiger partial charge < -0.3 is 18.9 Å². The van der Waals surface area contributed by atoms with Crippen LogP contribution in [-0.2, 0) is 39.9 Å². The molecule has 0 N–H and O–H groups in total. The average molecular weight is 386 g/mol. The summed E-state index contributed by atoms with van der Waals surface area (Å²) < 4.78 is 21.7. The molecule has 2 fully saturated rings. The number of carbonyl (C=O) groups is 3. The lowest BCUT2D eigenvalue weighted by Crippen LogP contribution is -2.53. The molecule has 2 aliphatic carbocycles. The van der Waals surface area contributed by atoms with E-state index >= 15 is 0 Å². The van der Waals surface area contributed by atoms with Crippen LogP contribution in [-0.4, -0.2) is 44.8 Å². The molecule has 1 aromatic rings. The van der Waals surface area contributed by atoms with E-state index in [1.807, 2.05) is 30.3 Å². The summed E-state index contributed by atoms with van der Waals surface area (Å²) in [4.78, 5) is 37.9. The number of esters is 2. The van der Waals surface area contributed by atoms with Gasteiger partial charge in [0.05, 0.1) is 33.4 Å². The van der Waals surface area contributed by atoms with E-state index in [9.17, 15) is 14.4 Å². The zero-order chi connectivity index (χ0) is 19.9. The van der Waals surface area contributed by atoms with Crippen LogP contribution in [0.5, 0.6) is 0 Å². The van der Waals surface area contributed by atoms with Gasteiger partial charge in [0.2, 0.25) is 0 Å². The van der Waals surface area contributed by atoms with E-state index in [4.69, 9.17) is 18.9 Å². The van der Waals surface area contributed by atoms with Crippen LogP contribution in [0.2, 0.25) is 0 Å². The van der Waals surface area contributed by atoms with Crippen LogP contribution >= 0.6 is 0 Å². The minimum absolute atomic E-state index is 0.0916. The highest BCUT2D eigenvalue weighted by atomic mass is 16.7. The number of hydrogen-bond acceptors (Lipinski definition) is 7. The van der Waals surface area contributed by atoms with E-state index in [-0.39, 0.29) is 24.7 Å². The molecule has 1 heterocycles. The summed E-state index contributed by atoms with van der Waals surface area (Å²) in [7, 11) is 2.49. The molecular weight excluding hydrogens is 364 g/mol. The molecule has 148 valence electrons. The van der Waals surface area contributed by atoms with Crippen LogP contribution < -0.4 is 0 Å². The van der Waals surface area contributed by atoms with Crippen molar-refractivity contribution in [3.05, 3.63) is 47.5 Å². The molecule has 1 aliphatic heterocycles.